The van der Waals surface area contributed by atoms with Crippen LogP contribution in [0, 0.1) is 17.3 Å². The zero-order valence-corrected chi connectivity index (χ0v) is 9.02. The monoisotopic (exact) mass is 227 g/mol. The Labute approximate surface area is 98.5 Å². The zero-order chi connectivity index (χ0) is 12.1. The lowest BCUT2D eigenvalue weighted by Crippen LogP contribution is -1.95. The molecular weight excluding hydrogens is 217 g/mol. The van der Waals surface area contributed by atoms with Crippen molar-refractivity contribution in [1.82, 2.24) is 4.98 Å². The van der Waals surface area contributed by atoms with Gasteiger partial charge in [-0.2, -0.15) is 9.65 Å². The SMILES string of the molecule is N#CCc1ccc(Nc2cccc(F)n2)cc1. The summed E-state index contributed by atoms with van der Waals surface area (Å²) in [5, 5.41) is 11.5. The first-order valence-corrected chi connectivity index (χ1v) is 5.13. The molecular formula is C13H10FN3. The van der Waals surface area contributed by atoms with Gasteiger partial charge in [0.15, 0.2) is 0 Å². The van der Waals surface area contributed by atoms with E-state index in [0.29, 0.717) is 12.2 Å². The normalized spacial score (nSPS) is 9.65. The molecule has 0 unspecified atom stereocenters. The van der Waals surface area contributed by atoms with Crippen LogP contribution in [0.5, 0.6) is 0 Å². The molecule has 1 aromatic heterocycles. The van der Waals surface area contributed by atoms with Gasteiger partial charge < -0.3 is 5.32 Å². The number of pyridine rings is 1. The molecule has 0 saturated heterocycles. The predicted molar refractivity (Wildman–Crippen MR) is 63.2 cm³/mol. The number of nitrogens with zero attached hydrogens (tertiary/aromatic N) is 2. The van der Waals surface area contributed by atoms with E-state index in [-0.39, 0.29) is 0 Å². The number of nitriles is 1. The summed E-state index contributed by atoms with van der Waals surface area (Å²) in [6, 6.07) is 14.0. The lowest BCUT2D eigenvalue weighted by molar-refractivity contribution is 0.585. The fourth-order valence-electron chi connectivity index (χ4n) is 1.42. The van der Waals surface area contributed by atoms with E-state index in [4.69, 9.17) is 5.26 Å². The Morgan fingerprint density at radius 1 is 1.18 bits per heavy atom. The van der Waals surface area contributed by atoms with Crippen molar-refractivity contribution in [2.24, 2.45) is 0 Å². The number of anilines is 2. The summed E-state index contributed by atoms with van der Waals surface area (Å²) in [7, 11) is 0. The first-order chi connectivity index (χ1) is 8.28. The summed E-state index contributed by atoms with van der Waals surface area (Å²) < 4.78 is 12.8. The zero-order valence-electron chi connectivity index (χ0n) is 9.02. The summed E-state index contributed by atoms with van der Waals surface area (Å²) in [6.45, 7) is 0. The molecule has 84 valence electrons. The standard InChI is InChI=1S/C13H10FN3/c14-12-2-1-3-13(17-12)16-11-6-4-10(5-7-11)8-9-15/h1-7H,8H2,(H,16,17). The van der Waals surface area contributed by atoms with Crippen LogP contribution in [0.4, 0.5) is 15.9 Å². The summed E-state index contributed by atoms with van der Waals surface area (Å²) in [6.07, 6.45) is 0.387. The molecule has 2 rings (SSSR count). The largest absolute Gasteiger partial charge is 0.340 e. The molecule has 0 fully saturated rings. The molecule has 2 aromatic rings. The lowest BCUT2D eigenvalue weighted by Gasteiger charge is -2.05. The third-order valence-corrected chi connectivity index (χ3v) is 2.22. The summed E-state index contributed by atoms with van der Waals surface area (Å²) in [5.41, 5.74) is 1.76. The Kier molecular flexibility index (Phi) is 3.31. The van der Waals surface area contributed by atoms with Crippen molar-refractivity contribution in [3.63, 3.8) is 0 Å². The average molecular weight is 227 g/mol. The van der Waals surface area contributed by atoms with Gasteiger partial charge in [-0.1, -0.05) is 18.2 Å². The van der Waals surface area contributed by atoms with Crippen LogP contribution in [0.3, 0.4) is 0 Å². The van der Waals surface area contributed by atoms with Gasteiger partial charge in [-0.25, -0.2) is 4.98 Å². The topological polar surface area (TPSA) is 48.7 Å². The summed E-state index contributed by atoms with van der Waals surface area (Å²) >= 11 is 0. The molecule has 0 aliphatic rings. The first-order valence-electron chi connectivity index (χ1n) is 5.13. The van der Waals surface area contributed by atoms with Crippen LogP contribution in [-0.2, 0) is 6.42 Å². The van der Waals surface area contributed by atoms with Crippen LogP contribution in [0.25, 0.3) is 0 Å². The van der Waals surface area contributed by atoms with Gasteiger partial charge >= 0.3 is 0 Å². The van der Waals surface area contributed by atoms with Crippen LogP contribution >= 0.6 is 0 Å². The van der Waals surface area contributed by atoms with Gasteiger partial charge in [-0.3, -0.25) is 0 Å². The van der Waals surface area contributed by atoms with E-state index in [1.807, 2.05) is 24.3 Å². The Hall–Kier alpha value is -2.41. The van der Waals surface area contributed by atoms with Gasteiger partial charge in [0.1, 0.15) is 5.82 Å². The minimum Gasteiger partial charge on any atom is -0.340 e. The lowest BCUT2D eigenvalue weighted by atomic mass is 10.1. The Morgan fingerprint density at radius 3 is 2.59 bits per heavy atom. The molecule has 1 aromatic carbocycles. The molecule has 3 nitrogen and oxygen atoms in total. The Balaban J connectivity index is 2.11. The summed E-state index contributed by atoms with van der Waals surface area (Å²) in [4.78, 5) is 3.70. The molecule has 17 heavy (non-hydrogen) atoms. The van der Waals surface area contributed by atoms with Gasteiger partial charge in [-0.15, -0.1) is 0 Å². The second-order valence-corrected chi connectivity index (χ2v) is 3.50. The van der Waals surface area contributed by atoms with E-state index < -0.39 is 5.95 Å². The van der Waals surface area contributed by atoms with Gasteiger partial charge in [0.05, 0.1) is 12.5 Å². The van der Waals surface area contributed by atoms with Crippen LogP contribution in [-0.4, -0.2) is 4.98 Å². The van der Waals surface area contributed by atoms with Gasteiger partial charge in [0.2, 0.25) is 5.95 Å². The van der Waals surface area contributed by atoms with Crippen molar-refractivity contribution in [2.45, 2.75) is 6.42 Å². The van der Waals surface area contributed by atoms with Crippen LogP contribution < -0.4 is 5.32 Å². The van der Waals surface area contributed by atoms with Gasteiger partial charge in [-0.05, 0) is 29.8 Å². The molecule has 4 heteroatoms. The second-order valence-electron chi connectivity index (χ2n) is 3.50. The van der Waals surface area contributed by atoms with Crippen molar-refractivity contribution >= 4 is 11.5 Å². The third-order valence-electron chi connectivity index (χ3n) is 2.22. The van der Waals surface area contributed by atoms with Crippen LogP contribution in [0.15, 0.2) is 42.5 Å². The molecule has 0 saturated carbocycles. The van der Waals surface area contributed by atoms with Crippen molar-refractivity contribution in [3.8, 4) is 6.07 Å². The molecule has 0 amide bonds. The molecule has 1 heterocycles. The van der Waals surface area contributed by atoms with E-state index in [0.717, 1.165) is 11.3 Å². The second kappa shape index (κ2) is 5.08. The average Bonchev–Trinajstić information content (AvgIpc) is 2.32. The van der Waals surface area contributed by atoms with E-state index >= 15 is 0 Å². The number of hydrogen-bond donors (Lipinski definition) is 1. The minimum absolute atomic E-state index is 0.387. The first kappa shape index (κ1) is 11.1. The van der Waals surface area contributed by atoms with E-state index in [1.165, 1.54) is 6.07 Å². The van der Waals surface area contributed by atoms with E-state index in [9.17, 15) is 4.39 Å². The number of halogens is 1. The smallest absolute Gasteiger partial charge is 0.214 e. The van der Waals surface area contributed by atoms with E-state index in [2.05, 4.69) is 16.4 Å². The molecule has 0 radical (unpaired) electrons. The molecule has 1 N–H and O–H groups in total. The highest BCUT2D eigenvalue weighted by molar-refractivity contribution is 5.56. The van der Waals surface area contributed by atoms with Crippen LogP contribution in [0.1, 0.15) is 5.56 Å². The Bertz CT molecular complexity index is 543. The molecule has 0 spiro atoms. The van der Waals surface area contributed by atoms with Gasteiger partial charge in [0, 0.05) is 5.69 Å². The number of nitrogens with one attached hydrogen (secondary N) is 1. The highest BCUT2D eigenvalue weighted by Crippen LogP contribution is 2.15. The quantitative estimate of drug-likeness (QED) is 0.820. The maximum atomic E-state index is 12.8. The number of benzene rings is 1. The Morgan fingerprint density at radius 2 is 1.94 bits per heavy atom. The maximum absolute atomic E-state index is 12.8. The highest BCUT2D eigenvalue weighted by atomic mass is 19.1. The number of rotatable bonds is 3. The number of hydrogen-bond acceptors (Lipinski definition) is 3. The predicted octanol–water partition coefficient (Wildman–Crippen LogP) is 3.03. The fourth-order valence-corrected chi connectivity index (χ4v) is 1.42. The molecule has 0 aliphatic heterocycles. The fraction of sp³-hybridized carbons (Fsp3) is 0.0769. The van der Waals surface area contributed by atoms with Crippen molar-refractivity contribution in [2.75, 3.05) is 5.32 Å². The van der Waals surface area contributed by atoms with Gasteiger partial charge in [0.25, 0.3) is 0 Å². The molecule has 0 aliphatic carbocycles. The summed E-state index contributed by atoms with van der Waals surface area (Å²) in [5.74, 6) is -0.0610. The maximum Gasteiger partial charge on any atom is 0.214 e. The van der Waals surface area contributed by atoms with Crippen molar-refractivity contribution in [1.29, 1.82) is 5.26 Å². The van der Waals surface area contributed by atoms with Crippen molar-refractivity contribution < 1.29 is 4.39 Å². The van der Waals surface area contributed by atoms with Crippen molar-refractivity contribution in [3.05, 3.63) is 54.0 Å². The number of aromatic nitrogens is 1. The minimum atomic E-state index is -0.517. The third kappa shape index (κ3) is 3.02. The molecule has 0 atom stereocenters. The van der Waals surface area contributed by atoms with Crippen LogP contribution in [0.2, 0.25) is 0 Å². The highest BCUT2D eigenvalue weighted by Gasteiger charge is 1.98. The molecule has 0 bridgehead atoms. The van der Waals surface area contributed by atoms with E-state index in [1.54, 1.807) is 12.1 Å².